The first kappa shape index (κ1) is 9.44. The van der Waals surface area contributed by atoms with Gasteiger partial charge in [-0.1, -0.05) is 0 Å². The van der Waals surface area contributed by atoms with Crippen molar-refractivity contribution in [1.82, 2.24) is 5.32 Å². The van der Waals surface area contributed by atoms with E-state index < -0.39 is 0 Å². The lowest BCUT2D eigenvalue weighted by molar-refractivity contribution is -0.0202. The van der Waals surface area contributed by atoms with E-state index in [2.05, 4.69) is 5.32 Å². The lowest BCUT2D eigenvalue weighted by atomic mass is 9.82. The number of morpholine rings is 1. The molecule has 1 saturated carbocycles. The number of hydrogen-bond donors (Lipinski definition) is 2. The second-order valence-electron chi connectivity index (χ2n) is 4.29. The minimum atomic E-state index is 0.452. The predicted molar refractivity (Wildman–Crippen MR) is 52.5 cm³/mol. The van der Waals surface area contributed by atoms with E-state index in [1.165, 1.54) is 25.7 Å². The van der Waals surface area contributed by atoms with E-state index in [4.69, 9.17) is 10.5 Å². The Balaban J connectivity index is 1.79. The molecule has 0 aromatic carbocycles. The Labute approximate surface area is 80.0 Å². The van der Waals surface area contributed by atoms with Crippen LogP contribution in [0.25, 0.3) is 0 Å². The normalized spacial score (nSPS) is 41.8. The van der Waals surface area contributed by atoms with Crippen LogP contribution in [0.1, 0.15) is 25.7 Å². The summed E-state index contributed by atoms with van der Waals surface area (Å²) in [6, 6.07) is 0.452. The number of ether oxygens (including phenoxy) is 1. The minimum Gasteiger partial charge on any atom is -0.375 e. The molecule has 3 heteroatoms. The van der Waals surface area contributed by atoms with Crippen LogP contribution >= 0.6 is 0 Å². The Bertz CT molecular complexity index is 149. The Morgan fingerprint density at radius 3 is 2.54 bits per heavy atom. The minimum absolute atomic E-state index is 0.452. The molecule has 1 saturated heterocycles. The van der Waals surface area contributed by atoms with Crippen molar-refractivity contribution in [2.24, 2.45) is 11.7 Å². The first-order valence-corrected chi connectivity index (χ1v) is 5.44. The molecule has 1 heterocycles. The molecule has 0 aromatic rings. The van der Waals surface area contributed by atoms with Crippen LogP contribution < -0.4 is 11.1 Å². The highest BCUT2D eigenvalue weighted by Crippen LogP contribution is 2.27. The molecule has 76 valence electrons. The molecular weight excluding hydrogens is 164 g/mol. The van der Waals surface area contributed by atoms with Gasteiger partial charge in [0.15, 0.2) is 0 Å². The Morgan fingerprint density at radius 2 is 1.92 bits per heavy atom. The van der Waals surface area contributed by atoms with E-state index in [0.717, 1.165) is 25.6 Å². The zero-order chi connectivity index (χ0) is 9.10. The van der Waals surface area contributed by atoms with Gasteiger partial charge in [-0.3, -0.25) is 0 Å². The van der Waals surface area contributed by atoms with Gasteiger partial charge in [0.05, 0.1) is 12.7 Å². The molecule has 1 aliphatic heterocycles. The molecule has 2 aliphatic rings. The number of nitrogens with two attached hydrogens (primary N) is 1. The maximum Gasteiger partial charge on any atom is 0.0728 e. The van der Waals surface area contributed by atoms with E-state index in [-0.39, 0.29) is 0 Å². The summed E-state index contributed by atoms with van der Waals surface area (Å²) in [7, 11) is 0. The van der Waals surface area contributed by atoms with Crippen molar-refractivity contribution in [1.29, 1.82) is 0 Å². The zero-order valence-electron chi connectivity index (χ0n) is 8.17. The van der Waals surface area contributed by atoms with Crippen molar-refractivity contribution in [2.75, 3.05) is 19.7 Å². The van der Waals surface area contributed by atoms with E-state index in [9.17, 15) is 0 Å². The van der Waals surface area contributed by atoms with Crippen LogP contribution in [-0.4, -0.2) is 31.8 Å². The summed E-state index contributed by atoms with van der Waals surface area (Å²) in [5.74, 6) is 0.757. The molecule has 2 rings (SSSR count). The third-order valence-corrected chi connectivity index (χ3v) is 3.30. The standard InChI is InChI=1S/C10H20N2O/c11-9-3-1-8(2-4-9)10-7-12-5-6-13-10/h8-10,12H,1-7,11H2/t8-,9-,10?. The first-order valence-electron chi connectivity index (χ1n) is 5.44. The fraction of sp³-hybridized carbons (Fsp3) is 1.00. The molecule has 2 fully saturated rings. The average Bonchev–Trinajstić information content (AvgIpc) is 2.20. The van der Waals surface area contributed by atoms with E-state index in [1.807, 2.05) is 0 Å². The Morgan fingerprint density at radius 1 is 1.15 bits per heavy atom. The van der Waals surface area contributed by atoms with Crippen molar-refractivity contribution in [2.45, 2.75) is 37.8 Å². The van der Waals surface area contributed by atoms with Gasteiger partial charge in [0.25, 0.3) is 0 Å². The van der Waals surface area contributed by atoms with Gasteiger partial charge in [-0.15, -0.1) is 0 Å². The lowest BCUT2D eigenvalue weighted by Gasteiger charge is -2.34. The third kappa shape index (κ3) is 2.42. The fourth-order valence-corrected chi connectivity index (χ4v) is 2.41. The van der Waals surface area contributed by atoms with Crippen molar-refractivity contribution < 1.29 is 4.74 Å². The van der Waals surface area contributed by atoms with E-state index in [1.54, 1.807) is 0 Å². The molecular formula is C10H20N2O. The van der Waals surface area contributed by atoms with Crippen LogP contribution in [0.2, 0.25) is 0 Å². The molecule has 0 spiro atoms. The summed E-state index contributed by atoms with van der Waals surface area (Å²) in [5.41, 5.74) is 5.87. The van der Waals surface area contributed by atoms with Crippen molar-refractivity contribution in [3.05, 3.63) is 0 Å². The van der Waals surface area contributed by atoms with E-state index >= 15 is 0 Å². The monoisotopic (exact) mass is 184 g/mol. The Kier molecular flexibility index (Phi) is 3.19. The molecule has 0 radical (unpaired) electrons. The topological polar surface area (TPSA) is 47.3 Å². The van der Waals surface area contributed by atoms with E-state index in [0.29, 0.717) is 12.1 Å². The summed E-state index contributed by atoms with van der Waals surface area (Å²) in [4.78, 5) is 0. The summed E-state index contributed by atoms with van der Waals surface area (Å²) in [5, 5.41) is 3.39. The van der Waals surface area contributed by atoms with Crippen LogP contribution in [0.15, 0.2) is 0 Å². The summed E-state index contributed by atoms with van der Waals surface area (Å²) >= 11 is 0. The third-order valence-electron chi connectivity index (χ3n) is 3.30. The molecule has 13 heavy (non-hydrogen) atoms. The van der Waals surface area contributed by atoms with Gasteiger partial charge in [-0.25, -0.2) is 0 Å². The second kappa shape index (κ2) is 4.40. The van der Waals surface area contributed by atoms with Gasteiger partial charge in [-0.2, -0.15) is 0 Å². The first-order chi connectivity index (χ1) is 6.36. The quantitative estimate of drug-likeness (QED) is 0.623. The molecule has 0 bridgehead atoms. The van der Waals surface area contributed by atoms with Crippen LogP contribution in [0.3, 0.4) is 0 Å². The average molecular weight is 184 g/mol. The fourth-order valence-electron chi connectivity index (χ4n) is 2.41. The maximum atomic E-state index is 5.87. The van der Waals surface area contributed by atoms with Crippen LogP contribution in [0.5, 0.6) is 0 Å². The zero-order valence-corrected chi connectivity index (χ0v) is 8.17. The highest BCUT2D eigenvalue weighted by atomic mass is 16.5. The molecule has 1 aliphatic carbocycles. The molecule has 3 nitrogen and oxygen atoms in total. The predicted octanol–water partition coefficient (Wildman–Crippen LogP) is 0.492. The van der Waals surface area contributed by atoms with Gasteiger partial charge in [0.1, 0.15) is 0 Å². The lowest BCUT2D eigenvalue weighted by Crippen LogP contribution is -2.44. The number of rotatable bonds is 1. The molecule has 0 aromatic heterocycles. The summed E-state index contributed by atoms with van der Waals surface area (Å²) in [6.07, 6.45) is 5.34. The van der Waals surface area contributed by atoms with Gasteiger partial charge < -0.3 is 15.8 Å². The maximum absolute atomic E-state index is 5.87. The van der Waals surface area contributed by atoms with Crippen molar-refractivity contribution in [3.8, 4) is 0 Å². The number of nitrogens with one attached hydrogen (secondary N) is 1. The molecule has 1 atom stereocenters. The molecule has 0 amide bonds. The Hall–Kier alpha value is -0.120. The highest BCUT2D eigenvalue weighted by molar-refractivity contribution is 4.82. The van der Waals surface area contributed by atoms with Crippen molar-refractivity contribution >= 4 is 0 Å². The van der Waals surface area contributed by atoms with Gasteiger partial charge in [-0.05, 0) is 31.6 Å². The molecule has 3 N–H and O–H groups in total. The second-order valence-corrected chi connectivity index (χ2v) is 4.29. The van der Waals surface area contributed by atoms with Crippen LogP contribution in [0, 0.1) is 5.92 Å². The van der Waals surface area contributed by atoms with Gasteiger partial charge in [0.2, 0.25) is 0 Å². The molecule has 1 unspecified atom stereocenters. The van der Waals surface area contributed by atoms with Crippen molar-refractivity contribution in [3.63, 3.8) is 0 Å². The van der Waals surface area contributed by atoms with Gasteiger partial charge >= 0.3 is 0 Å². The van der Waals surface area contributed by atoms with Gasteiger partial charge in [0, 0.05) is 19.1 Å². The summed E-state index contributed by atoms with van der Waals surface area (Å²) in [6.45, 7) is 2.94. The highest BCUT2D eigenvalue weighted by Gasteiger charge is 2.27. The summed E-state index contributed by atoms with van der Waals surface area (Å²) < 4.78 is 5.75. The van der Waals surface area contributed by atoms with Crippen LogP contribution in [-0.2, 0) is 4.74 Å². The largest absolute Gasteiger partial charge is 0.375 e. The van der Waals surface area contributed by atoms with Crippen LogP contribution in [0.4, 0.5) is 0 Å². The number of hydrogen-bond acceptors (Lipinski definition) is 3. The SMILES string of the molecule is N[C@H]1CC[C@H](C2CNCCO2)CC1. The smallest absolute Gasteiger partial charge is 0.0728 e.